The van der Waals surface area contributed by atoms with Gasteiger partial charge in [0.25, 0.3) is 0 Å². The van der Waals surface area contributed by atoms with Crippen LogP contribution in [0, 0.1) is 0 Å². The number of anilines is 1. The topological polar surface area (TPSA) is 59.6 Å². The highest BCUT2D eigenvalue weighted by Crippen LogP contribution is 2.39. The lowest BCUT2D eigenvalue weighted by Gasteiger charge is -2.21. The van der Waals surface area contributed by atoms with Gasteiger partial charge >= 0.3 is 6.03 Å². The second kappa shape index (κ2) is 8.78. The van der Waals surface area contributed by atoms with Gasteiger partial charge in [-0.3, -0.25) is 0 Å². The minimum Gasteiger partial charge on any atom is -0.486 e. The number of nitrogens with one attached hydrogen (secondary N) is 2. The lowest BCUT2D eigenvalue weighted by atomic mass is 10.2. The number of carbonyl (C=O) groups is 1. The number of rotatable bonds is 7. The normalized spacial score (nSPS) is 12.8. The Bertz CT molecular complexity index is 508. The maximum absolute atomic E-state index is 12.0. The van der Waals surface area contributed by atoms with Crippen LogP contribution in [-0.4, -0.2) is 32.0 Å². The Morgan fingerprint density at radius 3 is 2.59 bits per heavy atom. The Morgan fingerprint density at radius 1 is 1.18 bits per heavy atom. The summed E-state index contributed by atoms with van der Waals surface area (Å²) in [5.74, 6) is 1.42. The summed E-state index contributed by atoms with van der Waals surface area (Å²) in [5, 5.41) is 5.79. The third-order valence-electron chi connectivity index (χ3n) is 3.43. The third-order valence-corrected chi connectivity index (χ3v) is 4.21. The molecule has 2 rings (SSSR count). The number of ether oxygens (including phenoxy) is 2. The van der Waals surface area contributed by atoms with Crippen LogP contribution in [0.2, 0.25) is 0 Å². The molecule has 1 aromatic carbocycles. The number of amides is 2. The second-order valence-corrected chi connectivity index (χ2v) is 5.99. The smallest absolute Gasteiger partial charge is 0.319 e. The molecule has 1 aromatic rings. The highest BCUT2D eigenvalue weighted by atomic mass is 32.2. The molecule has 0 spiro atoms. The number of benzene rings is 1. The molecule has 5 nitrogen and oxygen atoms in total. The fraction of sp³-hybridized carbons (Fsp3) is 0.562. The highest BCUT2D eigenvalue weighted by Gasteiger charge is 2.16. The summed E-state index contributed by atoms with van der Waals surface area (Å²) in [5.41, 5.74) is 0.753. The summed E-state index contributed by atoms with van der Waals surface area (Å²) in [6, 6.07) is 3.57. The van der Waals surface area contributed by atoms with Crippen molar-refractivity contribution in [1.29, 1.82) is 0 Å². The van der Waals surface area contributed by atoms with Gasteiger partial charge in [-0.2, -0.15) is 0 Å². The van der Waals surface area contributed by atoms with Gasteiger partial charge in [-0.25, -0.2) is 4.79 Å². The third kappa shape index (κ3) is 4.73. The van der Waals surface area contributed by atoms with Gasteiger partial charge in [-0.1, -0.05) is 26.2 Å². The van der Waals surface area contributed by atoms with Crippen LogP contribution >= 0.6 is 11.8 Å². The maximum atomic E-state index is 12.0. The van der Waals surface area contributed by atoms with E-state index in [-0.39, 0.29) is 6.03 Å². The first kappa shape index (κ1) is 16.8. The molecular formula is C16H24N2O3S. The molecule has 0 unspecified atom stereocenters. The van der Waals surface area contributed by atoms with E-state index in [4.69, 9.17) is 9.47 Å². The van der Waals surface area contributed by atoms with Crippen molar-refractivity contribution in [2.24, 2.45) is 0 Å². The molecule has 0 saturated heterocycles. The molecule has 6 heteroatoms. The quantitative estimate of drug-likeness (QED) is 0.590. The fourth-order valence-corrected chi connectivity index (χ4v) is 2.81. The first-order valence-electron chi connectivity index (χ1n) is 7.77. The number of hydrogen-bond donors (Lipinski definition) is 2. The molecule has 2 amide bonds. The van der Waals surface area contributed by atoms with Crippen LogP contribution in [0.25, 0.3) is 0 Å². The predicted molar refractivity (Wildman–Crippen MR) is 90.4 cm³/mol. The van der Waals surface area contributed by atoms with Gasteiger partial charge < -0.3 is 20.1 Å². The van der Waals surface area contributed by atoms with E-state index in [0.29, 0.717) is 25.5 Å². The number of urea groups is 1. The number of unbranched alkanes of at least 4 members (excludes halogenated alkanes) is 3. The van der Waals surface area contributed by atoms with Crippen LogP contribution in [0.5, 0.6) is 11.5 Å². The van der Waals surface area contributed by atoms with E-state index in [1.165, 1.54) is 12.8 Å². The standard InChI is InChI=1S/C16H24N2O3S/c1-3-4-5-6-7-17-16(19)18-12-10-13-14(11-15(12)22-2)21-9-8-20-13/h10-11H,3-9H2,1-2H3,(H2,17,18,19). The summed E-state index contributed by atoms with van der Waals surface area (Å²) in [6.45, 7) is 3.97. The molecular weight excluding hydrogens is 300 g/mol. The summed E-state index contributed by atoms with van der Waals surface area (Å²) in [4.78, 5) is 12.9. The van der Waals surface area contributed by atoms with E-state index in [9.17, 15) is 4.79 Å². The highest BCUT2D eigenvalue weighted by molar-refractivity contribution is 7.98. The Balaban J connectivity index is 1.92. The summed E-state index contributed by atoms with van der Waals surface area (Å²) in [7, 11) is 0. The molecule has 0 saturated carbocycles. The lowest BCUT2D eigenvalue weighted by Crippen LogP contribution is -2.29. The van der Waals surface area contributed by atoms with Crippen molar-refractivity contribution in [3.05, 3.63) is 12.1 Å². The molecule has 122 valence electrons. The lowest BCUT2D eigenvalue weighted by molar-refractivity contribution is 0.171. The van der Waals surface area contributed by atoms with Crippen molar-refractivity contribution in [3.8, 4) is 11.5 Å². The molecule has 22 heavy (non-hydrogen) atoms. The Hall–Kier alpha value is -1.56. The molecule has 0 bridgehead atoms. The summed E-state index contributed by atoms with van der Waals surface area (Å²) in [6.07, 6.45) is 6.54. The van der Waals surface area contributed by atoms with Gasteiger partial charge in [0, 0.05) is 17.5 Å². The van der Waals surface area contributed by atoms with Gasteiger partial charge in [0.2, 0.25) is 0 Å². The minimum absolute atomic E-state index is 0.177. The maximum Gasteiger partial charge on any atom is 0.319 e. The van der Waals surface area contributed by atoms with Crippen LogP contribution in [-0.2, 0) is 0 Å². The van der Waals surface area contributed by atoms with E-state index < -0.39 is 0 Å². The van der Waals surface area contributed by atoms with Crippen molar-refractivity contribution in [2.45, 2.75) is 37.5 Å². The molecule has 0 radical (unpaired) electrons. The molecule has 0 aliphatic carbocycles. The SMILES string of the molecule is CCCCCCNC(=O)Nc1cc2c(cc1SC)OCCO2. The molecule has 1 aliphatic rings. The van der Waals surface area contributed by atoms with Gasteiger partial charge in [-0.15, -0.1) is 11.8 Å². The first-order valence-corrected chi connectivity index (χ1v) is 8.99. The van der Waals surface area contributed by atoms with E-state index in [2.05, 4.69) is 17.6 Å². The van der Waals surface area contributed by atoms with Crippen LogP contribution in [0.15, 0.2) is 17.0 Å². The van der Waals surface area contributed by atoms with Gasteiger partial charge in [0.15, 0.2) is 11.5 Å². The predicted octanol–water partition coefficient (Wildman–Crippen LogP) is 3.88. The summed E-state index contributed by atoms with van der Waals surface area (Å²) < 4.78 is 11.1. The number of fused-ring (bicyclic) bond motifs is 1. The van der Waals surface area contributed by atoms with Crippen LogP contribution in [0.3, 0.4) is 0 Å². The first-order chi connectivity index (χ1) is 10.7. The molecule has 1 aliphatic heterocycles. The zero-order valence-corrected chi connectivity index (χ0v) is 14.1. The van der Waals surface area contributed by atoms with Crippen molar-refractivity contribution in [1.82, 2.24) is 5.32 Å². The van der Waals surface area contributed by atoms with Crippen LogP contribution in [0.1, 0.15) is 32.6 Å². The van der Waals surface area contributed by atoms with Gasteiger partial charge in [0.05, 0.1) is 5.69 Å². The molecule has 2 N–H and O–H groups in total. The Labute approximate surface area is 136 Å². The van der Waals surface area contributed by atoms with Crippen molar-refractivity contribution in [2.75, 3.05) is 31.3 Å². The molecule has 0 atom stereocenters. The average Bonchev–Trinajstić information content (AvgIpc) is 2.54. The molecule has 0 aromatic heterocycles. The second-order valence-electron chi connectivity index (χ2n) is 5.14. The van der Waals surface area contributed by atoms with Crippen LogP contribution < -0.4 is 20.1 Å². The Morgan fingerprint density at radius 2 is 1.91 bits per heavy atom. The van der Waals surface area contributed by atoms with Gasteiger partial charge in [-0.05, 0) is 18.7 Å². The van der Waals surface area contributed by atoms with Crippen LogP contribution in [0.4, 0.5) is 10.5 Å². The molecule has 1 heterocycles. The zero-order valence-electron chi connectivity index (χ0n) is 13.2. The van der Waals surface area contributed by atoms with Crippen molar-refractivity contribution < 1.29 is 14.3 Å². The average molecular weight is 324 g/mol. The fourth-order valence-electron chi connectivity index (χ4n) is 2.26. The summed E-state index contributed by atoms with van der Waals surface area (Å²) >= 11 is 1.57. The largest absolute Gasteiger partial charge is 0.486 e. The number of carbonyl (C=O) groups excluding carboxylic acids is 1. The number of thioether (sulfide) groups is 1. The molecule has 0 fully saturated rings. The van der Waals surface area contributed by atoms with Crippen molar-refractivity contribution >= 4 is 23.5 Å². The number of hydrogen-bond acceptors (Lipinski definition) is 4. The Kier molecular flexibility index (Phi) is 6.71. The minimum atomic E-state index is -0.177. The van der Waals surface area contributed by atoms with Crippen molar-refractivity contribution in [3.63, 3.8) is 0 Å². The zero-order chi connectivity index (χ0) is 15.8. The van der Waals surface area contributed by atoms with E-state index >= 15 is 0 Å². The van der Waals surface area contributed by atoms with E-state index in [1.54, 1.807) is 11.8 Å². The van der Waals surface area contributed by atoms with Gasteiger partial charge in [0.1, 0.15) is 13.2 Å². The monoisotopic (exact) mass is 324 g/mol. The van der Waals surface area contributed by atoms with E-state index in [1.807, 2.05) is 18.4 Å². The van der Waals surface area contributed by atoms with E-state index in [0.717, 1.165) is 29.2 Å².